The van der Waals surface area contributed by atoms with E-state index in [1.54, 1.807) is 18.2 Å². The van der Waals surface area contributed by atoms with Gasteiger partial charge in [0.2, 0.25) is 0 Å². The van der Waals surface area contributed by atoms with Crippen LogP contribution in [0.1, 0.15) is 23.4 Å². The van der Waals surface area contributed by atoms with Gasteiger partial charge in [-0.05, 0) is 24.6 Å². The van der Waals surface area contributed by atoms with Crippen LogP contribution < -0.4 is 0 Å². The largest absolute Gasteiger partial charge is 0.298 e. The van der Waals surface area contributed by atoms with Gasteiger partial charge in [-0.3, -0.25) is 4.79 Å². The fourth-order valence-corrected chi connectivity index (χ4v) is 1.95. The lowest BCUT2D eigenvalue weighted by Gasteiger charge is -2.08. The number of hydrogen-bond donors (Lipinski definition) is 0. The lowest BCUT2D eigenvalue weighted by molar-refractivity contribution is -0.116. The minimum absolute atomic E-state index is 0.114. The van der Waals surface area contributed by atoms with Crippen molar-refractivity contribution in [2.24, 2.45) is 0 Å². The van der Waals surface area contributed by atoms with Crippen LogP contribution in [0.5, 0.6) is 0 Å². The molecule has 4 heteroatoms. The number of carbonyl (C=O) groups is 1. The Labute approximate surface area is 95.6 Å². The van der Waals surface area contributed by atoms with Gasteiger partial charge >= 0.3 is 0 Å². The van der Waals surface area contributed by atoms with E-state index < -0.39 is 5.38 Å². The lowest BCUT2D eigenvalue weighted by Crippen LogP contribution is -2.02. The molecule has 0 fully saturated rings. The summed E-state index contributed by atoms with van der Waals surface area (Å²) < 4.78 is 0.687. The Bertz CT molecular complexity index is 411. The maximum Gasteiger partial charge on any atom is 0.152 e. The van der Waals surface area contributed by atoms with Crippen LogP contribution in [-0.2, 0) is 4.79 Å². The predicted molar refractivity (Wildman–Crippen MR) is 58.1 cm³/mol. The number of halogens is 2. The normalized spacial score (nSPS) is 11.9. The van der Waals surface area contributed by atoms with E-state index in [1.165, 1.54) is 6.92 Å². The third-order valence-electron chi connectivity index (χ3n) is 1.76. The van der Waals surface area contributed by atoms with E-state index in [4.69, 9.17) is 16.9 Å². The molecule has 1 aromatic carbocycles. The summed E-state index contributed by atoms with van der Waals surface area (Å²) in [5, 5.41) is 7.97. The molecule has 0 bridgehead atoms. The molecule has 0 radical (unpaired) electrons. The summed E-state index contributed by atoms with van der Waals surface area (Å²) in [6, 6.07) is 6.97. The van der Waals surface area contributed by atoms with E-state index in [0.717, 1.165) is 0 Å². The van der Waals surface area contributed by atoms with Crippen LogP contribution in [-0.4, -0.2) is 5.78 Å². The maximum atomic E-state index is 11.0. The van der Waals surface area contributed by atoms with Crippen molar-refractivity contribution in [3.8, 4) is 6.07 Å². The third kappa shape index (κ3) is 2.34. The number of hydrogen-bond acceptors (Lipinski definition) is 2. The van der Waals surface area contributed by atoms with Gasteiger partial charge in [-0.25, -0.2) is 0 Å². The van der Waals surface area contributed by atoms with Crippen molar-refractivity contribution in [2.75, 3.05) is 0 Å². The summed E-state index contributed by atoms with van der Waals surface area (Å²) in [7, 11) is 0. The Morgan fingerprint density at radius 3 is 2.71 bits per heavy atom. The number of rotatable bonds is 2. The van der Waals surface area contributed by atoms with E-state index in [9.17, 15) is 4.79 Å². The standard InChI is InChI=1S/C10H7BrClNO/c1-6(14)10(12)8-3-2-7(5-13)4-9(8)11/h2-4,10H,1H3. The fraction of sp³-hybridized carbons (Fsp3) is 0.200. The Morgan fingerprint density at radius 1 is 1.64 bits per heavy atom. The lowest BCUT2D eigenvalue weighted by atomic mass is 10.1. The molecule has 14 heavy (non-hydrogen) atoms. The van der Waals surface area contributed by atoms with Crippen LogP contribution in [0.4, 0.5) is 0 Å². The van der Waals surface area contributed by atoms with Crippen molar-refractivity contribution in [2.45, 2.75) is 12.3 Å². The Hall–Kier alpha value is -0.850. The summed E-state index contributed by atoms with van der Waals surface area (Å²) in [5.74, 6) is -0.114. The van der Waals surface area contributed by atoms with Crippen molar-refractivity contribution in [1.82, 2.24) is 0 Å². The van der Waals surface area contributed by atoms with E-state index in [-0.39, 0.29) is 5.78 Å². The monoisotopic (exact) mass is 271 g/mol. The van der Waals surface area contributed by atoms with Gasteiger partial charge < -0.3 is 0 Å². The van der Waals surface area contributed by atoms with E-state index in [1.807, 2.05) is 6.07 Å². The highest BCUT2D eigenvalue weighted by Crippen LogP contribution is 2.29. The smallest absolute Gasteiger partial charge is 0.152 e. The van der Waals surface area contributed by atoms with Gasteiger partial charge in [-0.2, -0.15) is 5.26 Å². The molecule has 0 aliphatic heterocycles. The van der Waals surface area contributed by atoms with Crippen LogP contribution in [0.2, 0.25) is 0 Å². The fourth-order valence-electron chi connectivity index (χ4n) is 1.02. The quantitative estimate of drug-likeness (QED) is 0.776. The van der Waals surface area contributed by atoms with Crippen LogP contribution in [0, 0.1) is 11.3 Å². The number of alkyl halides is 1. The molecule has 0 spiro atoms. The molecule has 1 aromatic rings. The maximum absolute atomic E-state index is 11.0. The molecular weight excluding hydrogens is 265 g/mol. The topological polar surface area (TPSA) is 40.9 Å². The van der Waals surface area contributed by atoms with E-state index in [0.29, 0.717) is 15.6 Å². The minimum atomic E-state index is -0.655. The van der Waals surface area contributed by atoms with Gasteiger partial charge in [0.05, 0.1) is 11.6 Å². The zero-order chi connectivity index (χ0) is 10.7. The van der Waals surface area contributed by atoms with Gasteiger partial charge in [-0.1, -0.05) is 22.0 Å². The molecule has 0 amide bonds. The molecule has 0 N–H and O–H groups in total. The molecule has 0 aliphatic rings. The molecule has 0 saturated carbocycles. The summed E-state index contributed by atoms with van der Waals surface area (Å²) >= 11 is 9.15. The van der Waals surface area contributed by atoms with Gasteiger partial charge in [0.15, 0.2) is 5.78 Å². The average Bonchev–Trinajstić information content (AvgIpc) is 2.16. The molecule has 1 atom stereocenters. The molecule has 1 unspecified atom stereocenters. The summed E-state index contributed by atoms with van der Waals surface area (Å²) in [6.45, 7) is 1.43. The first-order valence-electron chi connectivity index (χ1n) is 3.90. The Balaban J connectivity index is 3.13. The molecule has 0 aromatic heterocycles. The highest BCUT2D eigenvalue weighted by Gasteiger charge is 2.15. The van der Waals surface area contributed by atoms with Crippen LogP contribution in [0.25, 0.3) is 0 Å². The second-order valence-electron chi connectivity index (χ2n) is 2.82. The van der Waals surface area contributed by atoms with Crippen molar-refractivity contribution < 1.29 is 4.79 Å². The molecular formula is C10H7BrClNO. The van der Waals surface area contributed by atoms with E-state index >= 15 is 0 Å². The number of nitriles is 1. The zero-order valence-corrected chi connectivity index (χ0v) is 9.76. The Morgan fingerprint density at radius 2 is 2.29 bits per heavy atom. The van der Waals surface area contributed by atoms with Gasteiger partial charge in [0, 0.05) is 4.47 Å². The van der Waals surface area contributed by atoms with Gasteiger partial charge in [0.25, 0.3) is 0 Å². The number of carbonyl (C=O) groups excluding carboxylic acids is 1. The predicted octanol–water partition coefficient (Wildman–Crippen LogP) is 3.19. The van der Waals surface area contributed by atoms with Gasteiger partial charge in [-0.15, -0.1) is 11.6 Å². The highest BCUT2D eigenvalue weighted by molar-refractivity contribution is 9.10. The summed E-state index contributed by atoms with van der Waals surface area (Å²) in [5.41, 5.74) is 1.23. The highest BCUT2D eigenvalue weighted by atomic mass is 79.9. The second-order valence-corrected chi connectivity index (χ2v) is 4.11. The average molecular weight is 273 g/mol. The summed E-state index contributed by atoms with van der Waals surface area (Å²) in [4.78, 5) is 11.0. The van der Waals surface area contributed by atoms with Crippen molar-refractivity contribution in [3.05, 3.63) is 33.8 Å². The van der Waals surface area contributed by atoms with Crippen LogP contribution in [0.15, 0.2) is 22.7 Å². The van der Waals surface area contributed by atoms with Crippen molar-refractivity contribution in [1.29, 1.82) is 5.26 Å². The van der Waals surface area contributed by atoms with Crippen LogP contribution >= 0.6 is 27.5 Å². The second kappa shape index (κ2) is 4.59. The molecule has 0 saturated heterocycles. The number of Topliss-reactive ketones (excluding diaryl/α,β-unsaturated/α-hetero) is 1. The van der Waals surface area contributed by atoms with Gasteiger partial charge in [0.1, 0.15) is 5.38 Å². The van der Waals surface area contributed by atoms with Crippen molar-refractivity contribution in [3.63, 3.8) is 0 Å². The molecule has 72 valence electrons. The first kappa shape index (κ1) is 11.2. The molecule has 0 heterocycles. The minimum Gasteiger partial charge on any atom is -0.298 e. The van der Waals surface area contributed by atoms with Crippen LogP contribution in [0.3, 0.4) is 0 Å². The first-order valence-corrected chi connectivity index (χ1v) is 5.13. The number of benzene rings is 1. The first-order chi connectivity index (χ1) is 6.56. The zero-order valence-electron chi connectivity index (χ0n) is 7.42. The molecule has 0 aliphatic carbocycles. The molecule has 2 nitrogen and oxygen atoms in total. The Kier molecular flexibility index (Phi) is 3.68. The number of nitrogens with zero attached hydrogens (tertiary/aromatic N) is 1. The van der Waals surface area contributed by atoms with E-state index in [2.05, 4.69) is 15.9 Å². The number of ketones is 1. The summed E-state index contributed by atoms with van der Waals surface area (Å²) in [6.07, 6.45) is 0. The van der Waals surface area contributed by atoms with Crippen molar-refractivity contribution >= 4 is 33.3 Å². The molecule has 1 rings (SSSR count). The third-order valence-corrected chi connectivity index (χ3v) is 2.99. The SMILES string of the molecule is CC(=O)C(Cl)c1ccc(C#N)cc1Br.